The number of hydrogen-bond acceptors (Lipinski definition) is 3. The highest BCUT2D eigenvalue weighted by atomic mass is 19.1. The van der Waals surface area contributed by atoms with Crippen LogP contribution >= 0.6 is 0 Å². The molecule has 0 aliphatic heterocycles. The van der Waals surface area contributed by atoms with Crippen LogP contribution in [0.5, 0.6) is 0 Å². The number of ether oxygens (including phenoxy) is 1. The van der Waals surface area contributed by atoms with Gasteiger partial charge in [-0.15, -0.1) is 0 Å². The Hall–Kier alpha value is -1.42. The molecule has 2 atom stereocenters. The van der Waals surface area contributed by atoms with E-state index >= 15 is 0 Å². The Kier molecular flexibility index (Phi) is 3.97. The fourth-order valence-electron chi connectivity index (χ4n) is 2.05. The molecule has 1 aromatic rings. The van der Waals surface area contributed by atoms with E-state index in [1.165, 1.54) is 0 Å². The van der Waals surface area contributed by atoms with E-state index in [2.05, 4.69) is 4.74 Å². The van der Waals surface area contributed by atoms with Crippen molar-refractivity contribution >= 4 is 5.97 Å². The first-order valence-corrected chi connectivity index (χ1v) is 6.22. The number of hydrogen-bond donors (Lipinski definition) is 1. The van der Waals surface area contributed by atoms with Crippen molar-refractivity contribution in [2.75, 3.05) is 6.61 Å². The second-order valence-corrected chi connectivity index (χ2v) is 4.50. The number of carbonyl (C=O) groups is 1. The standard InChI is InChI=1S/C14H17FO3/c1-2-18-14(17)12(15)13(16)11-6-4-3-5-10(11)9-7-8-9/h3-6,9,12-13,16H,2,7-8H2,1H3. The summed E-state index contributed by atoms with van der Waals surface area (Å²) in [5, 5.41) is 9.97. The molecule has 1 fully saturated rings. The highest BCUT2D eigenvalue weighted by Gasteiger charge is 2.34. The van der Waals surface area contributed by atoms with E-state index in [0.717, 1.165) is 18.4 Å². The lowest BCUT2D eigenvalue weighted by atomic mass is 9.96. The fourth-order valence-corrected chi connectivity index (χ4v) is 2.05. The monoisotopic (exact) mass is 252 g/mol. The molecule has 1 saturated carbocycles. The zero-order chi connectivity index (χ0) is 13.1. The predicted molar refractivity (Wildman–Crippen MR) is 64.9 cm³/mol. The molecule has 1 aromatic carbocycles. The Morgan fingerprint density at radius 1 is 1.50 bits per heavy atom. The minimum Gasteiger partial charge on any atom is -0.464 e. The summed E-state index contributed by atoms with van der Waals surface area (Å²) in [6.07, 6.45) is -1.36. The fraction of sp³-hybridized carbons (Fsp3) is 0.500. The van der Waals surface area contributed by atoms with Gasteiger partial charge in [0.25, 0.3) is 0 Å². The Balaban J connectivity index is 2.17. The van der Waals surface area contributed by atoms with E-state index in [0.29, 0.717) is 11.5 Å². The second kappa shape index (κ2) is 5.48. The lowest BCUT2D eigenvalue weighted by Crippen LogP contribution is -2.26. The van der Waals surface area contributed by atoms with Gasteiger partial charge in [-0.3, -0.25) is 0 Å². The first-order chi connectivity index (χ1) is 8.65. The van der Waals surface area contributed by atoms with Gasteiger partial charge in [0.2, 0.25) is 6.17 Å². The van der Waals surface area contributed by atoms with Crippen molar-refractivity contribution in [1.82, 2.24) is 0 Å². The Morgan fingerprint density at radius 3 is 2.78 bits per heavy atom. The molecule has 0 radical (unpaired) electrons. The molecule has 2 unspecified atom stereocenters. The maximum atomic E-state index is 13.8. The molecular weight excluding hydrogens is 235 g/mol. The van der Waals surface area contributed by atoms with Crippen molar-refractivity contribution in [1.29, 1.82) is 0 Å². The third-order valence-electron chi connectivity index (χ3n) is 3.12. The molecule has 0 saturated heterocycles. The molecule has 3 nitrogen and oxygen atoms in total. The molecule has 0 bridgehead atoms. The number of aliphatic hydroxyl groups excluding tert-OH is 1. The quantitative estimate of drug-likeness (QED) is 0.819. The lowest BCUT2D eigenvalue weighted by molar-refractivity contribution is -0.153. The van der Waals surface area contributed by atoms with Gasteiger partial charge in [0, 0.05) is 0 Å². The molecule has 1 aliphatic carbocycles. The molecule has 1 aliphatic rings. The second-order valence-electron chi connectivity index (χ2n) is 4.50. The third kappa shape index (κ3) is 2.70. The van der Waals surface area contributed by atoms with Crippen molar-refractivity contribution in [3.63, 3.8) is 0 Å². The number of carbonyl (C=O) groups excluding carboxylic acids is 1. The van der Waals surface area contributed by atoms with Gasteiger partial charge in [-0.05, 0) is 36.8 Å². The largest absolute Gasteiger partial charge is 0.464 e. The molecule has 1 N–H and O–H groups in total. The van der Waals surface area contributed by atoms with Crippen LogP contribution in [-0.2, 0) is 9.53 Å². The molecule has 2 rings (SSSR count). The number of rotatable bonds is 5. The first kappa shape index (κ1) is 13.0. The van der Waals surface area contributed by atoms with Crippen molar-refractivity contribution in [3.05, 3.63) is 35.4 Å². The normalized spacial score (nSPS) is 18.2. The number of esters is 1. The molecule has 0 spiro atoms. The van der Waals surface area contributed by atoms with Crippen LogP contribution in [0.25, 0.3) is 0 Å². The van der Waals surface area contributed by atoms with Crippen molar-refractivity contribution in [3.8, 4) is 0 Å². The molecule has 0 aromatic heterocycles. The SMILES string of the molecule is CCOC(=O)C(F)C(O)c1ccccc1C1CC1. The van der Waals surface area contributed by atoms with Crippen LogP contribution in [0, 0.1) is 0 Å². The van der Waals surface area contributed by atoms with Gasteiger partial charge in [-0.2, -0.15) is 0 Å². The minimum absolute atomic E-state index is 0.107. The Bertz CT molecular complexity index is 429. The third-order valence-corrected chi connectivity index (χ3v) is 3.12. The lowest BCUT2D eigenvalue weighted by Gasteiger charge is -2.18. The number of benzene rings is 1. The highest BCUT2D eigenvalue weighted by molar-refractivity contribution is 5.75. The van der Waals surface area contributed by atoms with Gasteiger partial charge in [0.15, 0.2) is 0 Å². The minimum atomic E-state index is -2.02. The maximum Gasteiger partial charge on any atom is 0.343 e. The Labute approximate surface area is 106 Å². The van der Waals surface area contributed by atoms with Crippen LogP contribution in [0.4, 0.5) is 4.39 Å². The maximum absolute atomic E-state index is 13.8. The molecule has 18 heavy (non-hydrogen) atoms. The first-order valence-electron chi connectivity index (χ1n) is 6.22. The smallest absolute Gasteiger partial charge is 0.343 e. The summed E-state index contributed by atoms with van der Waals surface area (Å²) in [7, 11) is 0. The van der Waals surface area contributed by atoms with Gasteiger partial charge in [-0.25, -0.2) is 9.18 Å². The molecular formula is C14H17FO3. The average molecular weight is 252 g/mol. The van der Waals surface area contributed by atoms with Crippen LogP contribution < -0.4 is 0 Å². The van der Waals surface area contributed by atoms with Gasteiger partial charge >= 0.3 is 5.97 Å². The van der Waals surface area contributed by atoms with Crippen LogP contribution in [0.1, 0.15) is 42.9 Å². The number of alkyl halides is 1. The van der Waals surface area contributed by atoms with Gasteiger partial charge < -0.3 is 9.84 Å². The van der Waals surface area contributed by atoms with Gasteiger partial charge in [0.1, 0.15) is 6.10 Å². The number of halogens is 1. The molecule has 4 heteroatoms. The summed E-state index contributed by atoms with van der Waals surface area (Å²) < 4.78 is 18.4. The van der Waals surface area contributed by atoms with Gasteiger partial charge in [0.05, 0.1) is 6.61 Å². The van der Waals surface area contributed by atoms with Crippen LogP contribution in [0.2, 0.25) is 0 Å². The van der Waals surface area contributed by atoms with Crippen molar-refractivity contribution in [2.24, 2.45) is 0 Å². The summed E-state index contributed by atoms with van der Waals surface area (Å²) >= 11 is 0. The molecule has 0 heterocycles. The van der Waals surface area contributed by atoms with Crippen LogP contribution in [0.3, 0.4) is 0 Å². The predicted octanol–water partition coefficient (Wildman–Crippen LogP) is 2.50. The summed E-state index contributed by atoms with van der Waals surface area (Å²) in [5.74, 6) is -0.610. The van der Waals surface area contributed by atoms with E-state index in [-0.39, 0.29) is 6.61 Å². The zero-order valence-electron chi connectivity index (χ0n) is 10.3. The van der Waals surface area contributed by atoms with Crippen LogP contribution in [-0.4, -0.2) is 23.9 Å². The summed E-state index contributed by atoms with van der Waals surface area (Å²) in [6.45, 7) is 1.71. The van der Waals surface area contributed by atoms with E-state index in [1.807, 2.05) is 12.1 Å². The van der Waals surface area contributed by atoms with Gasteiger partial charge in [-0.1, -0.05) is 24.3 Å². The summed E-state index contributed by atoms with van der Waals surface area (Å²) in [6, 6.07) is 7.15. The average Bonchev–Trinajstić information content (AvgIpc) is 3.21. The van der Waals surface area contributed by atoms with E-state index in [9.17, 15) is 14.3 Å². The highest BCUT2D eigenvalue weighted by Crippen LogP contribution is 2.43. The van der Waals surface area contributed by atoms with E-state index < -0.39 is 18.2 Å². The van der Waals surface area contributed by atoms with Crippen molar-refractivity contribution < 1.29 is 19.0 Å². The van der Waals surface area contributed by atoms with Crippen LogP contribution in [0.15, 0.2) is 24.3 Å². The molecule has 98 valence electrons. The summed E-state index contributed by atoms with van der Waals surface area (Å²) in [4.78, 5) is 11.3. The van der Waals surface area contributed by atoms with Crippen molar-refractivity contribution in [2.45, 2.75) is 38.0 Å². The Morgan fingerprint density at radius 2 is 2.17 bits per heavy atom. The van der Waals surface area contributed by atoms with E-state index in [4.69, 9.17) is 0 Å². The summed E-state index contributed by atoms with van der Waals surface area (Å²) in [5.41, 5.74) is 1.44. The number of aliphatic hydroxyl groups is 1. The topological polar surface area (TPSA) is 46.5 Å². The van der Waals surface area contributed by atoms with E-state index in [1.54, 1.807) is 19.1 Å². The zero-order valence-corrected chi connectivity index (χ0v) is 10.3. The molecule has 0 amide bonds.